The highest BCUT2D eigenvalue weighted by atomic mass is 32.2. The summed E-state index contributed by atoms with van der Waals surface area (Å²) in [6.45, 7) is 2.70. The second kappa shape index (κ2) is 6.62. The van der Waals surface area contributed by atoms with Gasteiger partial charge in [0.2, 0.25) is 16.0 Å². The van der Waals surface area contributed by atoms with E-state index in [4.69, 9.17) is 4.74 Å². The van der Waals surface area contributed by atoms with Gasteiger partial charge in [-0.1, -0.05) is 6.92 Å². The molecular formula is C10H18N4O3S. The molecule has 0 aromatic carbocycles. The highest BCUT2D eigenvalue weighted by molar-refractivity contribution is 7.89. The van der Waals surface area contributed by atoms with Crippen LogP contribution in [0.15, 0.2) is 17.3 Å². The first-order chi connectivity index (χ1) is 8.49. The van der Waals surface area contributed by atoms with Gasteiger partial charge in [0, 0.05) is 27.3 Å². The quantitative estimate of drug-likeness (QED) is 0.731. The summed E-state index contributed by atoms with van der Waals surface area (Å²) < 4.78 is 31.2. The predicted octanol–water partition coefficient (Wildman–Crippen LogP) is 0.0791. The van der Waals surface area contributed by atoms with E-state index >= 15 is 0 Å². The van der Waals surface area contributed by atoms with E-state index in [-0.39, 0.29) is 10.8 Å². The van der Waals surface area contributed by atoms with Crippen LogP contribution >= 0.6 is 0 Å². The third kappa shape index (κ3) is 4.21. The fraction of sp³-hybridized carbons (Fsp3) is 0.600. The molecule has 0 spiro atoms. The van der Waals surface area contributed by atoms with Crippen molar-refractivity contribution >= 4 is 16.0 Å². The van der Waals surface area contributed by atoms with Crippen LogP contribution in [-0.2, 0) is 14.8 Å². The molecule has 0 aliphatic carbocycles. The molecule has 7 nitrogen and oxygen atoms in total. The third-order valence-corrected chi connectivity index (χ3v) is 3.61. The Morgan fingerprint density at radius 3 is 2.50 bits per heavy atom. The summed E-state index contributed by atoms with van der Waals surface area (Å²) in [4.78, 5) is 7.77. The summed E-state index contributed by atoms with van der Waals surface area (Å²) in [6, 6.07) is 0. The van der Waals surface area contributed by atoms with Crippen molar-refractivity contribution in [1.29, 1.82) is 0 Å². The van der Waals surface area contributed by atoms with Gasteiger partial charge >= 0.3 is 0 Å². The fourth-order valence-electron chi connectivity index (χ4n) is 1.26. The molecule has 1 rings (SSSR count). The standard InChI is InChI=1S/C10H18N4O3S/c1-8(7-17-3)4-14-18(15,16)9-5-12-10(11-2)13-6-9/h5-6,8,14H,4,7H2,1-3H3,(H,11,12,13). The Balaban J connectivity index is 2.67. The van der Waals surface area contributed by atoms with Gasteiger partial charge in [0.15, 0.2) is 0 Å². The van der Waals surface area contributed by atoms with E-state index in [1.807, 2.05) is 6.92 Å². The first kappa shape index (κ1) is 14.8. The molecule has 1 atom stereocenters. The van der Waals surface area contributed by atoms with Gasteiger partial charge in [0.1, 0.15) is 4.90 Å². The van der Waals surface area contributed by atoms with E-state index < -0.39 is 10.0 Å². The van der Waals surface area contributed by atoms with Gasteiger partial charge in [-0.3, -0.25) is 0 Å². The molecule has 1 aromatic heterocycles. The van der Waals surface area contributed by atoms with E-state index in [1.54, 1.807) is 14.2 Å². The summed E-state index contributed by atoms with van der Waals surface area (Å²) in [7, 11) is -0.317. The summed E-state index contributed by atoms with van der Waals surface area (Å²) in [6.07, 6.45) is 2.53. The molecule has 102 valence electrons. The monoisotopic (exact) mass is 274 g/mol. The van der Waals surface area contributed by atoms with Crippen molar-refractivity contribution in [3.05, 3.63) is 12.4 Å². The summed E-state index contributed by atoms with van der Waals surface area (Å²) >= 11 is 0. The van der Waals surface area contributed by atoms with Crippen LogP contribution in [0.5, 0.6) is 0 Å². The minimum atomic E-state index is -3.56. The summed E-state index contributed by atoms with van der Waals surface area (Å²) in [5.41, 5.74) is 0. The zero-order valence-electron chi connectivity index (χ0n) is 10.7. The maximum Gasteiger partial charge on any atom is 0.243 e. The summed E-state index contributed by atoms with van der Waals surface area (Å²) in [5.74, 6) is 0.476. The van der Waals surface area contributed by atoms with Crippen LogP contribution in [0, 0.1) is 5.92 Å². The van der Waals surface area contributed by atoms with E-state index in [0.717, 1.165) is 0 Å². The minimum absolute atomic E-state index is 0.0473. The van der Waals surface area contributed by atoms with Crippen molar-refractivity contribution < 1.29 is 13.2 Å². The maximum absolute atomic E-state index is 11.9. The number of nitrogens with zero attached hydrogens (tertiary/aromatic N) is 2. The number of rotatable bonds is 7. The number of hydrogen-bond acceptors (Lipinski definition) is 6. The van der Waals surface area contributed by atoms with E-state index in [0.29, 0.717) is 19.1 Å². The van der Waals surface area contributed by atoms with E-state index in [1.165, 1.54) is 12.4 Å². The van der Waals surface area contributed by atoms with Gasteiger partial charge < -0.3 is 10.1 Å². The number of methoxy groups -OCH3 is 1. The summed E-state index contributed by atoms with van der Waals surface area (Å²) in [5, 5.41) is 2.72. The van der Waals surface area contributed by atoms with Crippen LogP contribution in [-0.4, -0.2) is 45.7 Å². The maximum atomic E-state index is 11.9. The molecule has 0 bridgehead atoms. The van der Waals surface area contributed by atoms with Gasteiger partial charge in [-0.2, -0.15) is 0 Å². The van der Waals surface area contributed by atoms with Crippen LogP contribution < -0.4 is 10.0 Å². The normalized spacial score (nSPS) is 13.3. The molecule has 0 radical (unpaired) electrons. The number of nitrogens with one attached hydrogen (secondary N) is 2. The highest BCUT2D eigenvalue weighted by Gasteiger charge is 2.16. The number of ether oxygens (including phenoxy) is 1. The lowest BCUT2D eigenvalue weighted by Gasteiger charge is -2.11. The SMILES string of the molecule is CNc1ncc(S(=O)(=O)NCC(C)COC)cn1. The molecular weight excluding hydrogens is 256 g/mol. The van der Waals surface area contributed by atoms with E-state index in [9.17, 15) is 8.42 Å². The first-order valence-corrected chi connectivity index (χ1v) is 6.96. The number of sulfonamides is 1. The minimum Gasteiger partial charge on any atom is -0.384 e. The topological polar surface area (TPSA) is 93.2 Å². The Morgan fingerprint density at radius 1 is 1.39 bits per heavy atom. The molecule has 18 heavy (non-hydrogen) atoms. The molecule has 0 amide bonds. The third-order valence-electron chi connectivity index (χ3n) is 2.24. The van der Waals surface area contributed by atoms with Gasteiger partial charge in [0.05, 0.1) is 12.4 Å². The van der Waals surface area contributed by atoms with Crippen molar-refractivity contribution in [3.63, 3.8) is 0 Å². The van der Waals surface area contributed by atoms with E-state index in [2.05, 4.69) is 20.0 Å². The van der Waals surface area contributed by atoms with Crippen LogP contribution in [0.25, 0.3) is 0 Å². The Labute approximate surface area is 107 Å². The molecule has 2 N–H and O–H groups in total. The molecule has 1 aromatic rings. The Kier molecular flexibility index (Phi) is 5.45. The molecule has 1 unspecified atom stereocenters. The highest BCUT2D eigenvalue weighted by Crippen LogP contribution is 2.07. The average Bonchev–Trinajstić information content (AvgIpc) is 2.37. The lowest BCUT2D eigenvalue weighted by molar-refractivity contribution is 0.161. The molecule has 0 saturated heterocycles. The van der Waals surface area contributed by atoms with Crippen LogP contribution in [0.1, 0.15) is 6.92 Å². The second-order valence-corrected chi connectivity index (χ2v) is 5.67. The predicted molar refractivity (Wildman–Crippen MR) is 67.8 cm³/mol. The van der Waals surface area contributed by atoms with Crippen molar-refractivity contribution in [2.75, 3.05) is 32.6 Å². The Bertz CT molecular complexity index is 461. The number of anilines is 1. The Hall–Kier alpha value is -1.25. The van der Waals surface area contributed by atoms with Crippen molar-refractivity contribution in [1.82, 2.24) is 14.7 Å². The lowest BCUT2D eigenvalue weighted by Crippen LogP contribution is -2.30. The van der Waals surface area contributed by atoms with Gasteiger partial charge in [0.25, 0.3) is 0 Å². The van der Waals surface area contributed by atoms with Crippen molar-refractivity contribution in [2.24, 2.45) is 5.92 Å². The molecule has 0 saturated carbocycles. The zero-order chi connectivity index (χ0) is 13.6. The average molecular weight is 274 g/mol. The van der Waals surface area contributed by atoms with Crippen LogP contribution in [0.3, 0.4) is 0 Å². The van der Waals surface area contributed by atoms with Crippen LogP contribution in [0.2, 0.25) is 0 Å². The smallest absolute Gasteiger partial charge is 0.243 e. The molecule has 0 aliphatic rings. The number of hydrogen-bond donors (Lipinski definition) is 2. The molecule has 0 fully saturated rings. The lowest BCUT2D eigenvalue weighted by atomic mass is 10.2. The zero-order valence-corrected chi connectivity index (χ0v) is 11.5. The fourth-order valence-corrected chi connectivity index (χ4v) is 2.32. The van der Waals surface area contributed by atoms with Crippen LogP contribution in [0.4, 0.5) is 5.95 Å². The van der Waals surface area contributed by atoms with Crippen molar-refractivity contribution in [3.8, 4) is 0 Å². The number of aromatic nitrogens is 2. The molecule has 1 heterocycles. The first-order valence-electron chi connectivity index (χ1n) is 5.48. The van der Waals surface area contributed by atoms with Crippen molar-refractivity contribution in [2.45, 2.75) is 11.8 Å². The molecule has 8 heteroatoms. The van der Waals surface area contributed by atoms with Gasteiger partial charge in [-0.25, -0.2) is 23.1 Å². The molecule has 0 aliphatic heterocycles. The largest absolute Gasteiger partial charge is 0.384 e. The Morgan fingerprint density at radius 2 is 2.00 bits per heavy atom. The second-order valence-electron chi connectivity index (χ2n) is 3.90. The van der Waals surface area contributed by atoms with Gasteiger partial charge in [-0.15, -0.1) is 0 Å². The van der Waals surface area contributed by atoms with Gasteiger partial charge in [-0.05, 0) is 5.92 Å².